The third-order valence-corrected chi connectivity index (χ3v) is 8.61. The fraction of sp³-hybridized carbons (Fsp3) is 0.152. The lowest BCUT2D eigenvalue weighted by Gasteiger charge is -2.15. The number of carboxylic acids is 1. The van der Waals surface area contributed by atoms with Gasteiger partial charge >= 0.3 is 17.9 Å². The van der Waals surface area contributed by atoms with Crippen LogP contribution in [0.5, 0.6) is 0 Å². The number of carbonyl (C=O) groups is 2. The zero-order valence-electron chi connectivity index (χ0n) is 24.9. The van der Waals surface area contributed by atoms with Gasteiger partial charge in [-0.05, 0) is 59.2 Å². The first-order valence-electron chi connectivity index (χ1n) is 14.3. The van der Waals surface area contributed by atoms with Gasteiger partial charge in [0.1, 0.15) is 11.3 Å². The van der Waals surface area contributed by atoms with Crippen molar-refractivity contribution in [3.63, 3.8) is 0 Å². The molecule has 14 heteroatoms. The lowest BCUT2D eigenvalue weighted by atomic mass is 10.0. The molecule has 0 bridgehead atoms. The number of sulfonamides is 1. The van der Waals surface area contributed by atoms with Crippen LogP contribution < -0.4 is 15.9 Å². The molecule has 3 heterocycles. The summed E-state index contributed by atoms with van der Waals surface area (Å²) in [5.41, 5.74) is 2.39. The van der Waals surface area contributed by atoms with Crippen molar-refractivity contribution >= 4 is 49.6 Å². The summed E-state index contributed by atoms with van der Waals surface area (Å²) in [6.45, 7) is 1.21. The second kappa shape index (κ2) is 12.8. The fourth-order valence-electron chi connectivity index (χ4n) is 5.21. The monoisotopic (exact) mass is 656 g/mol. The van der Waals surface area contributed by atoms with E-state index in [0.29, 0.717) is 33.5 Å². The lowest BCUT2D eigenvalue weighted by Crippen LogP contribution is -2.24. The molecule has 0 aliphatic carbocycles. The average Bonchev–Trinajstić information content (AvgIpc) is 3.56. The molecule has 13 nitrogen and oxygen atoms in total. The summed E-state index contributed by atoms with van der Waals surface area (Å²) in [5, 5.41) is 14.8. The first-order chi connectivity index (χ1) is 22.5. The SMILES string of the molecule is Cc1oc(=O)oc1COC(=O)NCc1ccc2cc(C(=O)O)n(Cc3cc(NS(=O)(=O)Cc4ccccc4)cc4ccccc34)c2n1. The molecule has 240 valence electrons. The first-order valence-corrected chi connectivity index (χ1v) is 16.0. The number of alkyl carbamates (subject to hydrolysis) is 1. The normalized spacial score (nSPS) is 11.5. The number of pyridine rings is 1. The summed E-state index contributed by atoms with van der Waals surface area (Å²) in [6, 6.07) is 24.5. The fourth-order valence-corrected chi connectivity index (χ4v) is 6.39. The number of carboxylic acid groups (broad SMARTS) is 1. The van der Waals surface area contributed by atoms with Gasteiger partial charge < -0.3 is 28.6 Å². The Morgan fingerprint density at radius 1 is 0.957 bits per heavy atom. The van der Waals surface area contributed by atoms with E-state index < -0.39 is 27.9 Å². The van der Waals surface area contributed by atoms with Gasteiger partial charge in [0.15, 0.2) is 18.1 Å². The topological polar surface area (TPSA) is 183 Å². The number of aromatic nitrogens is 2. The van der Waals surface area contributed by atoms with Gasteiger partial charge in [0.25, 0.3) is 0 Å². The molecule has 47 heavy (non-hydrogen) atoms. The maximum Gasteiger partial charge on any atom is 0.519 e. The third kappa shape index (κ3) is 7.17. The molecule has 0 aliphatic heterocycles. The molecule has 6 rings (SSSR count). The van der Waals surface area contributed by atoms with E-state index in [9.17, 15) is 27.9 Å². The van der Waals surface area contributed by atoms with Gasteiger partial charge in [-0.1, -0.05) is 54.6 Å². The molecule has 6 aromatic rings. The number of aromatic carboxylic acids is 1. The molecule has 3 aromatic heterocycles. The number of amides is 1. The number of rotatable bonds is 11. The highest BCUT2D eigenvalue weighted by molar-refractivity contribution is 7.91. The number of anilines is 1. The minimum Gasteiger partial charge on any atom is -0.477 e. The Labute approximate surface area is 267 Å². The molecule has 0 atom stereocenters. The van der Waals surface area contributed by atoms with Gasteiger partial charge in [-0.25, -0.2) is 27.8 Å². The number of fused-ring (bicyclic) bond motifs is 2. The minimum absolute atomic E-state index is 0.0202. The van der Waals surface area contributed by atoms with Gasteiger partial charge in [0.2, 0.25) is 10.0 Å². The number of benzene rings is 3. The van der Waals surface area contributed by atoms with E-state index in [1.807, 2.05) is 30.3 Å². The molecule has 0 radical (unpaired) electrons. The minimum atomic E-state index is -3.76. The largest absolute Gasteiger partial charge is 0.519 e. The Hall–Kier alpha value is -5.89. The Balaban J connectivity index is 1.27. The number of carbonyl (C=O) groups excluding carboxylic acids is 1. The smallest absolute Gasteiger partial charge is 0.477 e. The quantitative estimate of drug-likeness (QED) is 0.168. The zero-order valence-corrected chi connectivity index (χ0v) is 25.7. The second-order valence-electron chi connectivity index (χ2n) is 10.7. The highest BCUT2D eigenvalue weighted by Crippen LogP contribution is 2.28. The predicted molar refractivity (Wildman–Crippen MR) is 171 cm³/mol. The lowest BCUT2D eigenvalue weighted by molar-refractivity contribution is 0.0686. The molecule has 0 saturated carbocycles. The average molecular weight is 657 g/mol. The van der Waals surface area contributed by atoms with Crippen molar-refractivity contribution in [2.24, 2.45) is 0 Å². The predicted octanol–water partition coefficient (Wildman–Crippen LogP) is 5.16. The molecule has 0 spiro atoms. The summed E-state index contributed by atoms with van der Waals surface area (Å²) < 4.78 is 45.0. The highest BCUT2D eigenvalue weighted by Gasteiger charge is 2.19. The second-order valence-corrected chi connectivity index (χ2v) is 12.4. The van der Waals surface area contributed by atoms with Crippen LogP contribution in [0.15, 0.2) is 98.6 Å². The summed E-state index contributed by atoms with van der Waals surface area (Å²) in [5.74, 6) is -1.99. The van der Waals surface area contributed by atoms with Crippen molar-refractivity contribution in [2.45, 2.75) is 32.4 Å². The number of hydrogen-bond donors (Lipinski definition) is 3. The van der Waals surface area contributed by atoms with Crippen molar-refractivity contribution in [3.05, 3.63) is 130 Å². The zero-order chi connectivity index (χ0) is 33.1. The number of nitrogens with one attached hydrogen (secondary N) is 2. The molecular weight excluding hydrogens is 628 g/mol. The van der Waals surface area contributed by atoms with E-state index in [1.165, 1.54) is 17.6 Å². The summed E-state index contributed by atoms with van der Waals surface area (Å²) in [7, 11) is -3.76. The van der Waals surface area contributed by atoms with Gasteiger partial charge in [0, 0.05) is 11.1 Å². The summed E-state index contributed by atoms with van der Waals surface area (Å²) in [6.07, 6.45) is -0.797. The molecule has 0 aliphatic rings. The number of hydrogen-bond acceptors (Lipinski definition) is 9. The molecular formula is C33H28N4O9S. The van der Waals surface area contributed by atoms with Crippen LogP contribution >= 0.6 is 0 Å². The van der Waals surface area contributed by atoms with Crippen LogP contribution in [0.3, 0.4) is 0 Å². The number of aryl methyl sites for hydroxylation is 1. The van der Waals surface area contributed by atoms with Crippen LogP contribution in [-0.2, 0) is 40.2 Å². The number of ether oxygens (including phenoxy) is 1. The highest BCUT2D eigenvalue weighted by atomic mass is 32.2. The van der Waals surface area contributed by atoms with Crippen LogP contribution in [0.4, 0.5) is 10.5 Å². The number of nitrogens with zero attached hydrogens (tertiary/aromatic N) is 2. The Morgan fingerprint density at radius 3 is 2.47 bits per heavy atom. The first kappa shape index (κ1) is 31.1. The van der Waals surface area contributed by atoms with E-state index in [1.54, 1.807) is 48.5 Å². The standard InChI is InChI=1S/C33H28N4O9S/c1-20-29(46-33(41)45-20)18-44-32(40)34-16-25-12-11-23-15-28(31(38)39)37(30(23)35-25)17-24-14-26(13-22-9-5-6-10-27(22)24)36-47(42,43)19-21-7-3-2-4-8-21/h2-15,36H,16-19H2,1H3,(H,34,40)(H,38,39). The van der Waals surface area contributed by atoms with Crippen molar-refractivity contribution < 1.29 is 36.7 Å². The Bertz CT molecular complexity index is 2290. The maximum absolute atomic E-state index is 13.1. The van der Waals surface area contributed by atoms with Gasteiger partial charge in [-0.15, -0.1) is 0 Å². The Kier molecular flexibility index (Phi) is 8.50. The van der Waals surface area contributed by atoms with Crippen molar-refractivity contribution in [3.8, 4) is 0 Å². The van der Waals surface area contributed by atoms with E-state index >= 15 is 0 Å². The molecule has 3 N–H and O–H groups in total. The van der Waals surface area contributed by atoms with Crippen LogP contribution in [0, 0.1) is 6.92 Å². The molecule has 0 fully saturated rings. The molecule has 0 unspecified atom stereocenters. The van der Waals surface area contributed by atoms with Crippen molar-refractivity contribution in [1.82, 2.24) is 14.9 Å². The molecule has 0 saturated heterocycles. The van der Waals surface area contributed by atoms with Gasteiger partial charge in [-0.2, -0.15) is 0 Å². The van der Waals surface area contributed by atoms with E-state index in [-0.39, 0.29) is 42.7 Å². The van der Waals surface area contributed by atoms with Gasteiger partial charge in [-0.3, -0.25) is 4.72 Å². The maximum atomic E-state index is 13.1. The van der Waals surface area contributed by atoms with Crippen LogP contribution in [-0.4, -0.2) is 35.1 Å². The van der Waals surface area contributed by atoms with Crippen LogP contribution in [0.1, 0.15) is 38.8 Å². The summed E-state index contributed by atoms with van der Waals surface area (Å²) >= 11 is 0. The summed E-state index contributed by atoms with van der Waals surface area (Å²) in [4.78, 5) is 40.5. The van der Waals surface area contributed by atoms with E-state index in [2.05, 4.69) is 15.0 Å². The molecule has 1 amide bonds. The van der Waals surface area contributed by atoms with E-state index in [4.69, 9.17) is 13.6 Å². The van der Waals surface area contributed by atoms with Crippen molar-refractivity contribution in [1.29, 1.82) is 0 Å². The van der Waals surface area contributed by atoms with Crippen LogP contribution in [0.25, 0.3) is 21.8 Å². The molecule has 3 aromatic carbocycles. The van der Waals surface area contributed by atoms with E-state index in [0.717, 1.165) is 10.8 Å². The van der Waals surface area contributed by atoms with Gasteiger partial charge in [0.05, 0.1) is 24.5 Å². The Morgan fingerprint density at radius 2 is 1.72 bits per heavy atom. The van der Waals surface area contributed by atoms with Crippen LogP contribution in [0.2, 0.25) is 0 Å². The van der Waals surface area contributed by atoms with Crippen molar-refractivity contribution in [2.75, 3.05) is 4.72 Å². The third-order valence-electron chi connectivity index (χ3n) is 7.35.